The zero-order valence-corrected chi connectivity index (χ0v) is 10.4. The molecule has 0 fully saturated rings. The second kappa shape index (κ2) is 5.03. The van der Waals surface area contributed by atoms with Crippen molar-refractivity contribution in [2.75, 3.05) is 6.61 Å². The number of hydrogen-bond acceptors (Lipinski definition) is 2. The normalized spacial score (nSPS) is 11.2. The van der Waals surface area contributed by atoms with Gasteiger partial charge in [0.25, 0.3) is 0 Å². The maximum Gasteiger partial charge on any atom is 0.119 e. The first-order valence-corrected chi connectivity index (χ1v) is 5.60. The van der Waals surface area contributed by atoms with Crippen molar-refractivity contribution in [3.8, 4) is 11.8 Å². The van der Waals surface area contributed by atoms with Gasteiger partial charge in [-0.15, -0.1) is 0 Å². The first-order valence-electron chi connectivity index (χ1n) is 5.60. The van der Waals surface area contributed by atoms with Crippen LogP contribution in [-0.2, 0) is 5.41 Å². The first kappa shape index (κ1) is 12.6. The summed E-state index contributed by atoms with van der Waals surface area (Å²) in [5, 5.41) is 9.01. The Kier molecular flexibility index (Phi) is 3.95. The molecule has 0 unspecified atom stereocenters. The summed E-state index contributed by atoms with van der Waals surface area (Å²) < 4.78 is 5.59. The number of benzene rings is 1. The van der Waals surface area contributed by atoms with Gasteiger partial charge < -0.3 is 4.74 Å². The van der Waals surface area contributed by atoms with Crippen LogP contribution in [0.1, 0.15) is 33.3 Å². The van der Waals surface area contributed by atoms with Crippen LogP contribution < -0.4 is 4.74 Å². The molecule has 0 saturated carbocycles. The van der Waals surface area contributed by atoms with Crippen molar-refractivity contribution in [2.45, 2.75) is 33.1 Å². The van der Waals surface area contributed by atoms with Gasteiger partial charge in [0.15, 0.2) is 0 Å². The molecule has 2 heteroatoms. The van der Waals surface area contributed by atoms with Crippen LogP contribution in [0.15, 0.2) is 24.3 Å². The summed E-state index contributed by atoms with van der Waals surface area (Å²) in [6, 6.07) is 10.1. The molecule has 0 heterocycles. The van der Waals surface area contributed by atoms with E-state index in [-0.39, 0.29) is 0 Å². The molecule has 0 amide bonds. The molecule has 0 aliphatic carbocycles. The van der Waals surface area contributed by atoms with Gasteiger partial charge in [-0.25, -0.2) is 0 Å². The van der Waals surface area contributed by atoms with E-state index in [1.54, 1.807) is 0 Å². The van der Waals surface area contributed by atoms with E-state index in [0.717, 1.165) is 17.9 Å². The molecule has 1 aromatic carbocycles. The fourth-order valence-electron chi connectivity index (χ4n) is 1.30. The highest BCUT2D eigenvalue weighted by Crippen LogP contribution is 2.24. The Bertz CT molecular complexity index is 371. The Hall–Kier alpha value is -1.49. The van der Waals surface area contributed by atoms with E-state index in [4.69, 9.17) is 10.00 Å². The minimum atomic E-state index is -0.434. The molecule has 0 spiro atoms. The second-order valence-corrected chi connectivity index (χ2v) is 4.97. The maximum absolute atomic E-state index is 9.01. The van der Waals surface area contributed by atoms with Crippen LogP contribution >= 0.6 is 0 Å². The quantitative estimate of drug-likeness (QED) is 0.773. The van der Waals surface area contributed by atoms with E-state index in [2.05, 4.69) is 19.9 Å². The monoisotopic (exact) mass is 217 g/mol. The minimum absolute atomic E-state index is 0.434. The van der Waals surface area contributed by atoms with Crippen LogP contribution in [0.2, 0.25) is 0 Å². The van der Waals surface area contributed by atoms with Crippen molar-refractivity contribution in [1.82, 2.24) is 0 Å². The second-order valence-electron chi connectivity index (χ2n) is 4.97. The molecule has 0 aromatic heterocycles. The van der Waals surface area contributed by atoms with Crippen LogP contribution in [0.25, 0.3) is 0 Å². The Morgan fingerprint density at radius 3 is 2.25 bits per heavy atom. The lowest BCUT2D eigenvalue weighted by molar-refractivity contribution is 0.271. The first-order chi connectivity index (χ1) is 7.45. The van der Waals surface area contributed by atoms with Crippen LogP contribution in [0.4, 0.5) is 0 Å². The third-order valence-electron chi connectivity index (χ3n) is 2.44. The summed E-state index contributed by atoms with van der Waals surface area (Å²) in [6.07, 6.45) is 0. The Morgan fingerprint density at radius 1 is 1.25 bits per heavy atom. The average molecular weight is 217 g/mol. The van der Waals surface area contributed by atoms with Crippen LogP contribution in [0, 0.1) is 17.2 Å². The smallest absolute Gasteiger partial charge is 0.119 e. The zero-order chi connectivity index (χ0) is 12.2. The van der Waals surface area contributed by atoms with E-state index in [0.29, 0.717) is 5.92 Å². The van der Waals surface area contributed by atoms with Gasteiger partial charge in [-0.3, -0.25) is 0 Å². The predicted molar refractivity (Wildman–Crippen MR) is 65.4 cm³/mol. The molecule has 0 atom stereocenters. The fourth-order valence-corrected chi connectivity index (χ4v) is 1.30. The molecule has 0 radical (unpaired) electrons. The van der Waals surface area contributed by atoms with Crippen LogP contribution in [0.5, 0.6) is 5.75 Å². The molecule has 0 bridgehead atoms. The van der Waals surface area contributed by atoms with Crippen molar-refractivity contribution in [3.05, 3.63) is 29.8 Å². The number of ether oxygens (including phenoxy) is 1. The van der Waals surface area contributed by atoms with Crippen LogP contribution in [-0.4, -0.2) is 6.61 Å². The number of nitriles is 1. The molecule has 0 N–H and O–H groups in total. The molecule has 86 valence electrons. The van der Waals surface area contributed by atoms with Gasteiger partial charge in [0.2, 0.25) is 0 Å². The largest absolute Gasteiger partial charge is 0.493 e. The number of hydrogen-bond donors (Lipinski definition) is 0. The van der Waals surface area contributed by atoms with Crippen molar-refractivity contribution < 1.29 is 4.74 Å². The molecule has 1 rings (SSSR count). The summed E-state index contributed by atoms with van der Waals surface area (Å²) in [5.74, 6) is 1.39. The minimum Gasteiger partial charge on any atom is -0.493 e. The summed E-state index contributed by atoms with van der Waals surface area (Å²) >= 11 is 0. The standard InChI is InChI=1S/C14H19NO/c1-11(2)9-16-13-7-5-12(6-8-13)14(3,4)10-15/h5-8,11H,9H2,1-4H3. The van der Waals surface area contributed by atoms with Gasteiger partial charge in [0.05, 0.1) is 18.1 Å². The Morgan fingerprint density at radius 2 is 1.81 bits per heavy atom. The topological polar surface area (TPSA) is 33.0 Å². The Labute approximate surface area is 97.9 Å². The SMILES string of the molecule is CC(C)COc1ccc(C(C)(C)C#N)cc1. The Balaban J connectivity index is 2.73. The highest BCUT2D eigenvalue weighted by molar-refractivity contribution is 5.35. The van der Waals surface area contributed by atoms with Gasteiger partial charge in [0.1, 0.15) is 5.75 Å². The van der Waals surface area contributed by atoms with E-state index >= 15 is 0 Å². The molecular weight excluding hydrogens is 198 g/mol. The summed E-state index contributed by atoms with van der Waals surface area (Å²) in [6.45, 7) is 8.79. The van der Waals surface area contributed by atoms with E-state index in [1.807, 2.05) is 38.1 Å². The summed E-state index contributed by atoms with van der Waals surface area (Å²) in [5.41, 5.74) is 0.586. The number of rotatable bonds is 4. The molecular formula is C14H19NO. The molecule has 0 aliphatic rings. The molecule has 1 aromatic rings. The van der Waals surface area contributed by atoms with Gasteiger partial charge in [-0.2, -0.15) is 5.26 Å². The third kappa shape index (κ3) is 3.27. The van der Waals surface area contributed by atoms with Gasteiger partial charge >= 0.3 is 0 Å². The highest BCUT2D eigenvalue weighted by Gasteiger charge is 2.19. The van der Waals surface area contributed by atoms with Crippen molar-refractivity contribution in [3.63, 3.8) is 0 Å². The molecule has 0 saturated heterocycles. The van der Waals surface area contributed by atoms with Gasteiger partial charge in [-0.1, -0.05) is 26.0 Å². The number of nitrogens with zero attached hydrogens (tertiary/aromatic N) is 1. The van der Waals surface area contributed by atoms with E-state index in [9.17, 15) is 0 Å². The lowest BCUT2D eigenvalue weighted by atomic mass is 9.86. The third-order valence-corrected chi connectivity index (χ3v) is 2.44. The lowest BCUT2D eigenvalue weighted by Gasteiger charge is -2.16. The van der Waals surface area contributed by atoms with Gasteiger partial charge in [0, 0.05) is 0 Å². The molecule has 16 heavy (non-hydrogen) atoms. The molecule has 0 aliphatic heterocycles. The van der Waals surface area contributed by atoms with Crippen molar-refractivity contribution in [2.24, 2.45) is 5.92 Å². The summed E-state index contributed by atoms with van der Waals surface area (Å²) in [4.78, 5) is 0. The fraction of sp³-hybridized carbons (Fsp3) is 0.500. The van der Waals surface area contributed by atoms with Crippen molar-refractivity contribution >= 4 is 0 Å². The average Bonchev–Trinajstić information content (AvgIpc) is 2.27. The van der Waals surface area contributed by atoms with Gasteiger partial charge in [-0.05, 0) is 37.5 Å². The van der Waals surface area contributed by atoms with E-state index in [1.165, 1.54) is 0 Å². The van der Waals surface area contributed by atoms with E-state index < -0.39 is 5.41 Å². The maximum atomic E-state index is 9.01. The lowest BCUT2D eigenvalue weighted by Crippen LogP contribution is -2.13. The zero-order valence-electron chi connectivity index (χ0n) is 10.4. The van der Waals surface area contributed by atoms with Crippen molar-refractivity contribution in [1.29, 1.82) is 5.26 Å². The summed E-state index contributed by atoms with van der Waals surface area (Å²) in [7, 11) is 0. The van der Waals surface area contributed by atoms with Crippen LogP contribution in [0.3, 0.4) is 0 Å². The predicted octanol–water partition coefficient (Wildman–Crippen LogP) is 3.52. The molecule has 2 nitrogen and oxygen atoms in total. The highest BCUT2D eigenvalue weighted by atomic mass is 16.5.